The largest absolute Gasteiger partial charge is 2.00 e. The van der Waals surface area contributed by atoms with Crippen molar-refractivity contribution in [1.29, 1.82) is 0 Å². The van der Waals surface area contributed by atoms with E-state index in [1.54, 1.807) is 0 Å². The Hall–Kier alpha value is -0.384. The van der Waals surface area contributed by atoms with Gasteiger partial charge in [-0.2, -0.15) is 8.42 Å². The van der Waals surface area contributed by atoms with Crippen molar-refractivity contribution in [1.82, 2.24) is 0 Å². The number of esters is 1. The van der Waals surface area contributed by atoms with Crippen LogP contribution in [0.25, 0.3) is 0 Å². The number of carboxylic acid groups (broad SMARTS) is 1. The normalized spacial score (nSPS) is 12.2. The summed E-state index contributed by atoms with van der Waals surface area (Å²) in [6, 6.07) is 0. The first-order valence-electron chi connectivity index (χ1n) is 9.63. The van der Waals surface area contributed by atoms with Crippen molar-refractivity contribution in [2.45, 2.75) is 95.6 Å². The summed E-state index contributed by atoms with van der Waals surface area (Å²) < 4.78 is 35.8. The molecule has 0 fully saturated rings. The molecule has 0 aromatic carbocycles. The van der Waals surface area contributed by atoms with Crippen LogP contribution in [0.15, 0.2) is 0 Å². The zero-order chi connectivity index (χ0) is 19.8. The quantitative estimate of drug-likeness (QED) is 0.159. The van der Waals surface area contributed by atoms with Crippen LogP contribution in [0, 0.1) is 0 Å². The monoisotopic (exact) mass is 420 g/mol. The van der Waals surface area contributed by atoms with Crippen LogP contribution in [0.5, 0.6) is 0 Å². The topological polar surface area (TPSA) is 118 Å². The Morgan fingerprint density at radius 1 is 0.889 bits per heavy atom. The number of hydrogen-bond acceptors (Lipinski definition) is 5. The number of carbonyl (C=O) groups is 2. The van der Waals surface area contributed by atoms with Gasteiger partial charge >= 0.3 is 35.0 Å². The molecule has 9 heteroatoms. The molecule has 2 N–H and O–H groups in total. The van der Waals surface area contributed by atoms with E-state index in [9.17, 15) is 18.0 Å². The van der Waals surface area contributed by atoms with Crippen LogP contribution in [0.4, 0.5) is 0 Å². The molecule has 0 saturated heterocycles. The van der Waals surface area contributed by atoms with Crippen LogP contribution in [0.2, 0.25) is 0 Å². The minimum Gasteiger partial charge on any atom is -1.00 e. The first kappa shape index (κ1) is 28.8. The van der Waals surface area contributed by atoms with Crippen molar-refractivity contribution >= 4 is 45.1 Å². The van der Waals surface area contributed by atoms with Gasteiger partial charge in [0.05, 0.1) is 13.0 Å². The van der Waals surface area contributed by atoms with E-state index >= 15 is 0 Å². The van der Waals surface area contributed by atoms with E-state index < -0.39 is 33.7 Å². The van der Waals surface area contributed by atoms with E-state index in [2.05, 4.69) is 6.92 Å². The maximum Gasteiger partial charge on any atom is 2.00 e. The van der Waals surface area contributed by atoms with Crippen molar-refractivity contribution < 1.29 is 35.3 Å². The van der Waals surface area contributed by atoms with Crippen LogP contribution in [-0.2, 0) is 24.4 Å². The minimum atomic E-state index is -4.78. The molecule has 0 spiro atoms. The zero-order valence-electron chi connectivity index (χ0n) is 18.5. The third kappa shape index (κ3) is 17.4. The molecule has 1 atom stereocenters. The molecular weight excluding hydrogens is 385 g/mol. The summed E-state index contributed by atoms with van der Waals surface area (Å²) >= 11 is 0. The van der Waals surface area contributed by atoms with Crippen molar-refractivity contribution in [2.24, 2.45) is 0 Å². The second kappa shape index (κ2) is 17.7. The van der Waals surface area contributed by atoms with Gasteiger partial charge in [-0.1, -0.05) is 77.6 Å². The number of carboxylic acids is 1. The molecule has 0 radical (unpaired) electrons. The molecular formula is C18H36MgO7S. The van der Waals surface area contributed by atoms with Gasteiger partial charge in [0.2, 0.25) is 0 Å². The summed E-state index contributed by atoms with van der Waals surface area (Å²) in [5, 5.41) is 6.54. The third-order valence-corrected chi connectivity index (χ3v) is 5.30. The summed E-state index contributed by atoms with van der Waals surface area (Å²) in [5.74, 6) is -2.70. The van der Waals surface area contributed by atoms with Crippen LogP contribution >= 0.6 is 0 Å². The van der Waals surface area contributed by atoms with E-state index in [4.69, 9.17) is 14.4 Å². The van der Waals surface area contributed by atoms with Gasteiger partial charge in [-0.05, 0) is 6.42 Å². The molecule has 0 amide bonds. The Labute approximate surface area is 182 Å². The molecule has 27 heavy (non-hydrogen) atoms. The van der Waals surface area contributed by atoms with E-state index in [0.29, 0.717) is 6.42 Å². The van der Waals surface area contributed by atoms with Crippen LogP contribution in [0.1, 0.15) is 93.2 Å². The van der Waals surface area contributed by atoms with Crippen LogP contribution < -0.4 is 0 Å². The van der Waals surface area contributed by atoms with E-state index in [1.807, 2.05) is 0 Å². The molecule has 0 aromatic rings. The number of hydrogen-bond donors (Lipinski definition) is 2. The summed E-state index contributed by atoms with van der Waals surface area (Å²) in [6.07, 6.45) is 12.9. The number of aliphatic carboxylic acids is 1. The predicted molar refractivity (Wildman–Crippen MR) is 108 cm³/mol. The van der Waals surface area contributed by atoms with E-state index in [0.717, 1.165) is 19.3 Å². The maximum atomic E-state index is 11.6. The Morgan fingerprint density at radius 3 is 1.67 bits per heavy atom. The van der Waals surface area contributed by atoms with Crippen LogP contribution in [0.3, 0.4) is 0 Å². The Morgan fingerprint density at radius 2 is 1.30 bits per heavy atom. The molecule has 0 aromatic heterocycles. The molecule has 0 saturated carbocycles. The van der Waals surface area contributed by atoms with Crippen molar-refractivity contribution in [3.8, 4) is 0 Å². The number of ether oxygens (including phenoxy) is 1. The smallest absolute Gasteiger partial charge is 1.00 e. The number of unbranched alkanes of at least 4 members (excludes halogenated alkanes) is 11. The molecule has 7 nitrogen and oxygen atoms in total. The fraction of sp³-hybridized carbons (Fsp3) is 0.889. The molecule has 0 aliphatic heterocycles. The summed E-state index contributed by atoms with van der Waals surface area (Å²) in [7, 11) is -4.78. The molecule has 0 aliphatic carbocycles. The summed E-state index contributed by atoms with van der Waals surface area (Å²) in [4.78, 5) is 22.2. The molecule has 1 unspecified atom stereocenters. The second-order valence-electron chi connectivity index (χ2n) is 6.66. The van der Waals surface area contributed by atoms with Gasteiger partial charge in [0, 0.05) is 0 Å². The predicted octanol–water partition coefficient (Wildman–Crippen LogP) is 3.81. The maximum absolute atomic E-state index is 11.6. The van der Waals surface area contributed by atoms with Crippen molar-refractivity contribution in [2.75, 3.05) is 6.61 Å². The van der Waals surface area contributed by atoms with Gasteiger partial charge in [-0.15, -0.1) is 0 Å². The van der Waals surface area contributed by atoms with Crippen LogP contribution in [-0.4, -0.2) is 64.9 Å². The van der Waals surface area contributed by atoms with Gasteiger partial charge in [0.1, 0.15) is 0 Å². The Kier molecular flexibility index (Phi) is 18.9. The minimum absolute atomic E-state index is 0. The number of rotatable bonds is 17. The van der Waals surface area contributed by atoms with E-state index in [1.165, 1.54) is 51.4 Å². The second-order valence-corrected chi connectivity index (χ2v) is 8.26. The first-order chi connectivity index (χ1) is 12.3. The van der Waals surface area contributed by atoms with Gasteiger partial charge in [0.15, 0.2) is 5.25 Å². The number of carbonyl (C=O) groups excluding carboxylic acids is 1. The Bertz CT molecular complexity index is 504. The third-order valence-electron chi connectivity index (χ3n) is 4.22. The van der Waals surface area contributed by atoms with Crippen molar-refractivity contribution in [3.63, 3.8) is 0 Å². The SMILES string of the molecule is CCCCCCCCCCCCCCOC(=O)C(CC(=O)O)S(=O)(=O)O.[H-].[H-].[Mg+2]. The van der Waals surface area contributed by atoms with Gasteiger partial charge < -0.3 is 12.7 Å². The molecule has 0 bridgehead atoms. The molecule has 0 aliphatic rings. The fourth-order valence-electron chi connectivity index (χ4n) is 2.68. The standard InChI is InChI=1S/C18H34O7S.Mg.2H/c1-2-3-4-5-6-7-8-9-10-11-12-13-14-25-18(21)16(15-17(19)20)26(22,23)24;;;/h16H,2-15H2,1H3,(H,19,20)(H,22,23,24);;;/q;+2;2*-1. The van der Waals surface area contributed by atoms with Gasteiger partial charge in [0.25, 0.3) is 10.1 Å². The summed E-state index contributed by atoms with van der Waals surface area (Å²) in [5.41, 5.74) is 0. The average Bonchev–Trinajstić information content (AvgIpc) is 2.55. The van der Waals surface area contributed by atoms with E-state index in [-0.39, 0.29) is 32.5 Å². The van der Waals surface area contributed by atoms with Gasteiger partial charge in [-0.3, -0.25) is 14.1 Å². The van der Waals surface area contributed by atoms with Crippen molar-refractivity contribution in [3.05, 3.63) is 0 Å². The summed E-state index contributed by atoms with van der Waals surface area (Å²) in [6.45, 7) is 2.24. The average molecular weight is 421 g/mol. The Balaban J connectivity index is -0.00000104. The van der Waals surface area contributed by atoms with Gasteiger partial charge in [-0.25, -0.2) is 0 Å². The molecule has 0 rings (SSSR count). The first-order valence-corrected chi connectivity index (χ1v) is 11.1. The molecule has 0 heterocycles. The zero-order valence-corrected chi connectivity index (χ0v) is 18.8. The fourth-order valence-corrected chi connectivity index (χ4v) is 3.34. The molecule has 158 valence electrons.